The molecule has 0 fully saturated rings. The number of benzene rings is 1. The van der Waals surface area contributed by atoms with Gasteiger partial charge in [0.2, 0.25) is 5.82 Å². The van der Waals surface area contributed by atoms with Crippen LogP contribution in [0.5, 0.6) is 0 Å². The summed E-state index contributed by atoms with van der Waals surface area (Å²) in [5.41, 5.74) is -0.776. The van der Waals surface area contributed by atoms with Crippen LogP contribution in [0.2, 0.25) is 0 Å². The molecule has 0 amide bonds. The Hall–Kier alpha value is -0.430. The second-order valence-corrected chi connectivity index (χ2v) is 5.47. The Labute approximate surface area is 97.0 Å². The van der Waals surface area contributed by atoms with Crippen molar-refractivity contribution < 1.29 is 22.0 Å². The minimum Gasteiger partial charge on any atom is -0.203 e. The van der Waals surface area contributed by atoms with Crippen molar-refractivity contribution in [2.45, 2.75) is 12.7 Å². The van der Waals surface area contributed by atoms with Crippen molar-refractivity contribution in [3.63, 3.8) is 0 Å². The van der Waals surface area contributed by atoms with E-state index in [1.54, 1.807) is 0 Å². The van der Waals surface area contributed by atoms with Gasteiger partial charge in [-0.25, -0.2) is 22.0 Å². The summed E-state index contributed by atoms with van der Waals surface area (Å²) in [6.07, 6.45) is 0. The number of hydrogen-bond donors (Lipinski definition) is 0. The smallest absolute Gasteiger partial charge is 0.200 e. The van der Waals surface area contributed by atoms with Gasteiger partial charge in [0.15, 0.2) is 23.3 Å². The lowest BCUT2D eigenvalue weighted by atomic mass is 10.2. The minimum absolute atomic E-state index is 0.260. The lowest BCUT2D eigenvalue weighted by Crippen LogP contribution is -2.05. The number of hydrogen-bond acceptors (Lipinski definition) is 2. The fourth-order valence-electron chi connectivity index (χ4n) is 0.961. The zero-order valence-corrected chi connectivity index (χ0v) is 9.75. The summed E-state index contributed by atoms with van der Waals surface area (Å²) in [5.74, 6) is -8.98. The van der Waals surface area contributed by atoms with Crippen molar-refractivity contribution >= 4 is 21.6 Å². The molecule has 0 aliphatic carbocycles. The van der Waals surface area contributed by atoms with Gasteiger partial charge in [-0.3, -0.25) is 0 Å². The highest BCUT2D eigenvalue weighted by Crippen LogP contribution is 2.30. The van der Waals surface area contributed by atoms with Crippen LogP contribution in [-0.4, -0.2) is 5.75 Å². The lowest BCUT2D eigenvalue weighted by Gasteiger charge is -2.07. The zero-order valence-electron chi connectivity index (χ0n) is 8.12. The molecular formula is C9H7F5S2. The van der Waals surface area contributed by atoms with Crippen LogP contribution in [0.25, 0.3) is 0 Å². The van der Waals surface area contributed by atoms with Crippen LogP contribution in [0.4, 0.5) is 22.0 Å². The van der Waals surface area contributed by atoms with E-state index in [0.717, 1.165) is 10.8 Å². The SMILES string of the molecule is CCSSCc1c(F)c(F)c(F)c(F)c1F. The van der Waals surface area contributed by atoms with E-state index in [4.69, 9.17) is 0 Å². The van der Waals surface area contributed by atoms with Crippen LogP contribution in [0.1, 0.15) is 12.5 Å². The van der Waals surface area contributed by atoms with Gasteiger partial charge < -0.3 is 0 Å². The summed E-state index contributed by atoms with van der Waals surface area (Å²) in [7, 11) is 2.32. The fourth-order valence-corrected chi connectivity index (χ4v) is 2.69. The van der Waals surface area contributed by atoms with E-state index in [2.05, 4.69) is 0 Å². The van der Waals surface area contributed by atoms with E-state index in [0.29, 0.717) is 5.75 Å². The van der Waals surface area contributed by atoms with Crippen molar-refractivity contribution in [1.29, 1.82) is 0 Å². The molecule has 0 bridgehead atoms. The van der Waals surface area contributed by atoms with Crippen LogP contribution in [0, 0.1) is 29.1 Å². The quantitative estimate of drug-likeness (QED) is 0.264. The first-order valence-electron chi connectivity index (χ1n) is 4.25. The molecule has 1 rings (SSSR count). The first-order valence-corrected chi connectivity index (χ1v) is 6.74. The van der Waals surface area contributed by atoms with Gasteiger partial charge in [-0.15, -0.1) is 0 Å². The molecule has 0 heterocycles. The maximum absolute atomic E-state index is 13.1. The predicted molar refractivity (Wildman–Crippen MR) is 55.7 cm³/mol. The third kappa shape index (κ3) is 2.63. The summed E-state index contributed by atoms with van der Waals surface area (Å²) < 4.78 is 64.3. The first-order chi connectivity index (χ1) is 7.50. The predicted octanol–water partition coefficient (Wildman–Crippen LogP) is 4.28. The molecule has 16 heavy (non-hydrogen) atoms. The van der Waals surface area contributed by atoms with Crippen molar-refractivity contribution in [1.82, 2.24) is 0 Å². The largest absolute Gasteiger partial charge is 0.203 e. The van der Waals surface area contributed by atoms with Crippen molar-refractivity contribution in [3.05, 3.63) is 34.6 Å². The Bertz CT molecular complexity index is 365. The van der Waals surface area contributed by atoms with E-state index >= 15 is 0 Å². The van der Waals surface area contributed by atoms with E-state index in [-0.39, 0.29) is 5.75 Å². The van der Waals surface area contributed by atoms with Crippen LogP contribution < -0.4 is 0 Å². The van der Waals surface area contributed by atoms with E-state index < -0.39 is 34.6 Å². The van der Waals surface area contributed by atoms with Crippen LogP contribution in [0.3, 0.4) is 0 Å². The molecule has 1 aromatic rings. The average Bonchev–Trinajstić information content (AvgIpc) is 2.28. The Balaban J connectivity index is 3.08. The summed E-state index contributed by atoms with van der Waals surface area (Å²) in [6, 6.07) is 0. The van der Waals surface area contributed by atoms with Crippen molar-refractivity contribution in [3.8, 4) is 0 Å². The van der Waals surface area contributed by atoms with Gasteiger partial charge in [-0.05, 0) is 0 Å². The molecule has 0 saturated carbocycles. The molecule has 90 valence electrons. The van der Waals surface area contributed by atoms with Gasteiger partial charge in [-0.1, -0.05) is 28.5 Å². The topological polar surface area (TPSA) is 0 Å². The van der Waals surface area contributed by atoms with Crippen LogP contribution in [-0.2, 0) is 5.75 Å². The molecule has 0 atom stereocenters. The standard InChI is InChI=1S/C9H7F5S2/c1-2-15-16-3-4-5(10)7(12)9(14)8(13)6(4)11/h2-3H2,1H3. The fraction of sp³-hybridized carbons (Fsp3) is 0.333. The molecule has 1 aromatic carbocycles. The van der Waals surface area contributed by atoms with Crippen molar-refractivity contribution in [2.24, 2.45) is 0 Å². The highest BCUT2D eigenvalue weighted by molar-refractivity contribution is 8.76. The molecule has 0 aromatic heterocycles. The van der Waals surface area contributed by atoms with Gasteiger partial charge in [0.25, 0.3) is 0 Å². The molecular weight excluding hydrogens is 267 g/mol. The van der Waals surface area contributed by atoms with Crippen molar-refractivity contribution in [2.75, 3.05) is 5.75 Å². The second kappa shape index (κ2) is 5.77. The Morgan fingerprint density at radius 3 is 1.62 bits per heavy atom. The summed E-state index contributed by atoms with van der Waals surface area (Å²) >= 11 is 0. The molecule has 7 heteroatoms. The van der Waals surface area contributed by atoms with Gasteiger partial charge in [0.1, 0.15) is 0 Å². The molecule has 0 spiro atoms. The highest BCUT2D eigenvalue weighted by atomic mass is 33.1. The lowest BCUT2D eigenvalue weighted by molar-refractivity contribution is 0.372. The van der Waals surface area contributed by atoms with E-state index in [9.17, 15) is 22.0 Å². The third-order valence-electron chi connectivity index (χ3n) is 1.71. The normalized spacial score (nSPS) is 10.9. The minimum atomic E-state index is -2.12. The number of halogens is 5. The Morgan fingerprint density at radius 1 is 0.750 bits per heavy atom. The molecule has 0 radical (unpaired) electrons. The summed E-state index contributed by atoms with van der Waals surface area (Å²) in [5, 5.41) is 0. The molecule has 0 N–H and O–H groups in total. The third-order valence-corrected chi connectivity index (χ3v) is 4.07. The molecule has 0 nitrogen and oxygen atoms in total. The van der Waals surface area contributed by atoms with Gasteiger partial charge in [0, 0.05) is 17.1 Å². The second-order valence-electron chi connectivity index (χ2n) is 2.72. The molecule has 0 unspecified atom stereocenters. The first kappa shape index (κ1) is 13.6. The Morgan fingerprint density at radius 2 is 1.19 bits per heavy atom. The molecule has 0 aliphatic rings. The average molecular weight is 274 g/mol. The maximum Gasteiger partial charge on any atom is 0.200 e. The van der Waals surface area contributed by atoms with Gasteiger partial charge in [-0.2, -0.15) is 0 Å². The number of rotatable bonds is 4. The van der Waals surface area contributed by atoms with Crippen LogP contribution in [0.15, 0.2) is 0 Å². The summed E-state index contributed by atoms with van der Waals surface area (Å²) in [6.45, 7) is 1.82. The van der Waals surface area contributed by atoms with Crippen LogP contribution >= 0.6 is 21.6 Å². The monoisotopic (exact) mass is 274 g/mol. The molecule has 0 aliphatic heterocycles. The highest BCUT2D eigenvalue weighted by Gasteiger charge is 2.25. The van der Waals surface area contributed by atoms with E-state index in [1.165, 1.54) is 10.8 Å². The van der Waals surface area contributed by atoms with Gasteiger partial charge in [0.05, 0.1) is 0 Å². The van der Waals surface area contributed by atoms with Gasteiger partial charge >= 0.3 is 0 Å². The molecule has 0 saturated heterocycles. The summed E-state index contributed by atoms with van der Waals surface area (Å²) in [4.78, 5) is 0. The van der Waals surface area contributed by atoms with E-state index in [1.807, 2.05) is 6.92 Å². The zero-order chi connectivity index (χ0) is 12.3. The Kier molecular flexibility index (Phi) is 4.91. The maximum atomic E-state index is 13.1.